The fourth-order valence-electron chi connectivity index (χ4n) is 4.06. The Kier molecular flexibility index (Phi) is 4.56. The highest BCUT2D eigenvalue weighted by Gasteiger charge is 2.43. The third-order valence-electron chi connectivity index (χ3n) is 5.10. The molecule has 0 spiro atoms. The van der Waals surface area contributed by atoms with Crippen LogP contribution in [0.5, 0.6) is 0 Å². The van der Waals surface area contributed by atoms with Crippen LogP contribution in [0.25, 0.3) is 0 Å². The molecule has 2 saturated heterocycles. The standard InChI is InChI=1S/C18H22N4OS/c23-18(13-24-12-14-4-2-1-3-5-14)21-15-6-7-16(21)11-17(10-15)22-19-8-9-20-22/h1-5,8-9,15-17H,6-7,10-13H2. The van der Waals surface area contributed by atoms with Crippen LogP contribution in [0.1, 0.15) is 37.3 Å². The topological polar surface area (TPSA) is 51.0 Å². The molecule has 3 heterocycles. The lowest BCUT2D eigenvalue weighted by Gasteiger charge is -2.38. The molecule has 2 atom stereocenters. The van der Waals surface area contributed by atoms with Gasteiger partial charge >= 0.3 is 0 Å². The van der Waals surface area contributed by atoms with E-state index in [1.165, 1.54) is 5.56 Å². The molecule has 6 heteroatoms. The number of benzene rings is 1. The summed E-state index contributed by atoms with van der Waals surface area (Å²) < 4.78 is 0. The molecule has 0 radical (unpaired) electrons. The summed E-state index contributed by atoms with van der Waals surface area (Å²) in [5, 5.41) is 8.58. The van der Waals surface area contributed by atoms with Crippen molar-refractivity contribution in [1.29, 1.82) is 0 Å². The van der Waals surface area contributed by atoms with E-state index in [2.05, 4.69) is 27.2 Å². The van der Waals surface area contributed by atoms with Crippen LogP contribution in [-0.4, -0.2) is 43.6 Å². The number of rotatable bonds is 5. The third kappa shape index (κ3) is 3.20. The van der Waals surface area contributed by atoms with Gasteiger partial charge in [-0.2, -0.15) is 15.0 Å². The number of fused-ring (bicyclic) bond motifs is 2. The third-order valence-corrected chi connectivity index (χ3v) is 6.09. The van der Waals surface area contributed by atoms with Crippen LogP contribution in [0.4, 0.5) is 0 Å². The minimum Gasteiger partial charge on any atom is -0.336 e. The highest BCUT2D eigenvalue weighted by Crippen LogP contribution is 2.40. The van der Waals surface area contributed by atoms with Crippen LogP contribution in [0, 0.1) is 0 Å². The van der Waals surface area contributed by atoms with Gasteiger partial charge in [-0.15, -0.1) is 11.8 Å². The maximum absolute atomic E-state index is 12.7. The fourth-order valence-corrected chi connectivity index (χ4v) is 4.92. The number of hydrogen-bond acceptors (Lipinski definition) is 4. The Bertz CT molecular complexity index is 662. The predicted octanol–water partition coefficient (Wildman–Crippen LogP) is 2.91. The molecule has 2 aromatic rings. The molecule has 2 aliphatic heterocycles. The number of amides is 1. The summed E-state index contributed by atoms with van der Waals surface area (Å²) in [6, 6.07) is 11.4. The molecular weight excluding hydrogens is 320 g/mol. The molecule has 2 fully saturated rings. The molecule has 0 N–H and O–H groups in total. The van der Waals surface area contributed by atoms with E-state index in [4.69, 9.17) is 0 Å². The van der Waals surface area contributed by atoms with E-state index >= 15 is 0 Å². The molecule has 0 aliphatic carbocycles. The number of carbonyl (C=O) groups is 1. The largest absolute Gasteiger partial charge is 0.336 e. The molecule has 24 heavy (non-hydrogen) atoms. The van der Waals surface area contributed by atoms with Gasteiger partial charge in [0.15, 0.2) is 0 Å². The number of aromatic nitrogens is 3. The SMILES string of the molecule is O=C(CSCc1ccccc1)N1C2CCC1CC(n1nccn1)C2. The molecule has 4 rings (SSSR count). The quantitative estimate of drug-likeness (QED) is 0.838. The Morgan fingerprint density at radius 1 is 1.04 bits per heavy atom. The van der Waals surface area contributed by atoms with Gasteiger partial charge in [-0.3, -0.25) is 4.79 Å². The van der Waals surface area contributed by atoms with Crippen LogP contribution in [-0.2, 0) is 10.5 Å². The van der Waals surface area contributed by atoms with Crippen LogP contribution in [0.3, 0.4) is 0 Å². The summed E-state index contributed by atoms with van der Waals surface area (Å²) in [5.74, 6) is 1.78. The summed E-state index contributed by atoms with van der Waals surface area (Å²) in [5.41, 5.74) is 1.28. The van der Waals surface area contributed by atoms with Gasteiger partial charge in [0.1, 0.15) is 0 Å². The van der Waals surface area contributed by atoms with Gasteiger partial charge < -0.3 is 4.90 Å². The Morgan fingerprint density at radius 2 is 1.71 bits per heavy atom. The first-order valence-corrected chi connectivity index (χ1v) is 9.75. The van der Waals surface area contributed by atoms with Crippen LogP contribution >= 0.6 is 11.8 Å². The van der Waals surface area contributed by atoms with E-state index in [0.29, 0.717) is 29.8 Å². The summed E-state index contributed by atoms with van der Waals surface area (Å²) >= 11 is 1.72. The molecule has 1 aromatic heterocycles. The maximum atomic E-state index is 12.7. The second-order valence-electron chi connectivity index (χ2n) is 6.64. The van der Waals surface area contributed by atoms with Gasteiger partial charge in [-0.1, -0.05) is 30.3 Å². The first-order valence-electron chi connectivity index (χ1n) is 8.60. The lowest BCUT2D eigenvalue weighted by atomic mass is 9.98. The zero-order valence-corrected chi connectivity index (χ0v) is 14.4. The summed E-state index contributed by atoms with van der Waals surface area (Å²) in [6.07, 6.45) is 7.69. The molecule has 1 amide bonds. The highest BCUT2D eigenvalue weighted by molar-refractivity contribution is 7.99. The van der Waals surface area contributed by atoms with E-state index in [1.807, 2.05) is 23.0 Å². The lowest BCUT2D eigenvalue weighted by Crippen LogP contribution is -2.47. The van der Waals surface area contributed by atoms with Gasteiger partial charge in [-0.25, -0.2) is 0 Å². The van der Waals surface area contributed by atoms with Crippen LogP contribution in [0.2, 0.25) is 0 Å². The number of thioether (sulfide) groups is 1. The minimum atomic E-state index is 0.301. The van der Waals surface area contributed by atoms with Crippen LogP contribution < -0.4 is 0 Å². The first kappa shape index (κ1) is 15.7. The molecule has 2 bridgehead atoms. The lowest BCUT2D eigenvalue weighted by molar-refractivity contribution is -0.133. The van der Waals surface area contributed by atoms with Crippen molar-refractivity contribution >= 4 is 17.7 Å². The van der Waals surface area contributed by atoms with Gasteiger partial charge in [0, 0.05) is 17.8 Å². The fraction of sp³-hybridized carbons (Fsp3) is 0.500. The number of carbonyl (C=O) groups excluding carboxylic acids is 1. The van der Waals surface area contributed by atoms with Gasteiger partial charge in [-0.05, 0) is 31.2 Å². The predicted molar refractivity (Wildman–Crippen MR) is 94.6 cm³/mol. The molecule has 2 aliphatic rings. The maximum Gasteiger partial charge on any atom is 0.233 e. The van der Waals surface area contributed by atoms with E-state index in [1.54, 1.807) is 24.2 Å². The van der Waals surface area contributed by atoms with Crippen molar-refractivity contribution in [3.05, 3.63) is 48.3 Å². The highest BCUT2D eigenvalue weighted by atomic mass is 32.2. The normalized spacial score (nSPS) is 25.8. The Morgan fingerprint density at radius 3 is 2.38 bits per heavy atom. The smallest absolute Gasteiger partial charge is 0.233 e. The Balaban J connectivity index is 1.33. The molecule has 5 nitrogen and oxygen atoms in total. The number of hydrogen-bond donors (Lipinski definition) is 0. The van der Waals surface area contributed by atoms with Crippen molar-refractivity contribution < 1.29 is 4.79 Å². The Hall–Kier alpha value is -1.82. The van der Waals surface area contributed by atoms with Gasteiger partial charge in [0.25, 0.3) is 0 Å². The van der Waals surface area contributed by atoms with E-state index in [9.17, 15) is 4.79 Å². The molecule has 0 saturated carbocycles. The van der Waals surface area contributed by atoms with Crippen molar-refractivity contribution in [3.8, 4) is 0 Å². The Labute approximate surface area is 146 Å². The van der Waals surface area contributed by atoms with Crippen molar-refractivity contribution in [2.45, 2.75) is 49.6 Å². The van der Waals surface area contributed by atoms with Crippen molar-refractivity contribution in [2.75, 3.05) is 5.75 Å². The zero-order valence-electron chi connectivity index (χ0n) is 13.6. The summed E-state index contributed by atoms with van der Waals surface area (Å²) in [4.78, 5) is 16.7. The molecule has 2 unspecified atom stereocenters. The van der Waals surface area contributed by atoms with Crippen molar-refractivity contribution in [2.24, 2.45) is 0 Å². The van der Waals surface area contributed by atoms with E-state index < -0.39 is 0 Å². The monoisotopic (exact) mass is 342 g/mol. The van der Waals surface area contributed by atoms with E-state index in [0.717, 1.165) is 31.4 Å². The average molecular weight is 342 g/mol. The number of piperidine rings is 1. The summed E-state index contributed by atoms with van der Waals surface area (Å²) in [7, 11) is 0. The van der Waals surface area contributed by atoms with Gasteiger partial charge in [0.2, 0.25) is 5.91 Å². The molecule has 1 aromatic carbocycles. The minimum absolute atomic E-state index is 0.301. The van der Waals surface area contributed by atoms with Gasteiger partial charge in [0.05, 0.1) is 24.2 Å². The number of nitrogens with zero attached hydrogens (tertiary/aromatic N) is 4. The second-order valence-corrected chi connectivity index (χ2v) is 7.62. The molecular formula is C18H22N4OS. The zero-order chi connectivity index (χ0) is 16.4. The van der Waals surface area contributed by atoms with Crippen LogP contribution in [0.15, 0.2) is 42.7 Å². The molecule has 126 valence electrons. The average Bonchev–Trinajstić information content (AvgIpc) is 3.22. The second kappa shape index (κ2) is 6.97. The first-order chi connectivity index (χ1) is 11.8. The van der Waals surface area contributed by atoms with Crippen molar-refractivity contribution in [3.63, 3.8) is 0 Å². The van der Waals surface area contributed by atoms with E-state index in [-0.39, 0.29) is 0 Å². The van der Waals surface area contributed by atoms with Crippen molar-refractivity contribution in [1.82, 2.24) is 19.9 Å². The summed E-state index contributed by atoms with van der Waals surface area (Å²) in [6.45, 7) is 0.